The van der Waals surface area contributed by atoms with Crippen molar-refractivity contribution in [2.45, 2.75) is 37.8 Å². The number of piperidine rings is 1. The zero-order valence-corrected chi connectivity index (χ0v) is 10.2. The van der Waals surface area contributed by atoms with Gasteiger partial charge in [0.05, 0.1) is 19.8 Å². The fourth-order valence-corrected chi connectivity index (χ4v) is 3.74. The molecule has 92 valence electrons. The molecule has 3 fully saturated rings. The first-order valence-electron chi connectivity index (χ1n) is 6.72. The number of likely N-dealkylation sites (tertiary alicyclic amines) is 1. The molecule has 0 aromatic carbocycles. The number of hydrogen-bond acceptors (Lipinski definition) is 3. The fraction of sp³-hybridized carbons (Fsp3) is 1.00. The highest BCUT2D eigenvalue weighted by Gasteiger charge is 2.44. The lowest BCUT2D eigenvalue weighted by Gasteiger charge is -2.49. The average Bonchev–Trinajstić information content (AvgIpc) is 2.73. The first-order chi connectivity index (χ1) is 7.90. The number of hydrogen-bond donors (Lipinski definition) is 0. The summed E-state index contributed by atoms with van der Waals surface area (Å²) >= 11 is 0. The summed E-state index contributed by atoms with van der Waals surface area (Å²) in [6.07, 6.45) is 5.47. The Morgan fingerprint density at radius 1 is 1.19 bits per heavy atom. The maximum atomic E-state index is 5.66. The van der Waals surface area contributed by atoms with Gasteiger partial charge in [0, 0.05) is 25.1 Å². The molecular formula is C13H23NO2. The zero-order valence-electron chi connectivity index (χ0n) is 10.2. The molecule has 4 atom stereocenters. The first-order valence-corrected chi connectivity index (χ1v) is 6.72. The summed E-state index contributed by atoms with van der Waals surface area (Å²) < 4.78 is 11.0. The zero-order chi connectivity index (χ0) is 11.0. The Morgan fingerprint density at radius 2 is 2.12 bits per heavy atom. The maximum absolute atomic E-state index is 5.66. The van der Waals surface area contributed by atoms with E-state index in [1.54, 1.807) is 0 Å². The molecule has 0 amide bonds. The van der Waals surface area contributed by atoms with Gasteiger partial charge < -0.3 is 9.47 Å². The molecule has 3 nitrogen and oxygen atoms in total. The monoisotopic (exact) mass is 225 g/mol. The average molecular weight is 225 g/mol. The second-order valence-electron chi connectivity index (χ2n) is 5.61. The van der Waals surface area contributed by atoms with Crippen LogP contribution in [-0.4, -0.2) is 50.5 Å². The number of methoxy groups -OCH3 is 1. The Morgan fingerprint density at radius 3 is 2.88 bits per heavy atom. The van der Waals surface area contributed by atoms with Crippen molar-refractivity contribution in [1.82, 2.24) is 4.90 Å². The third-order valence-electron chi connectivity index (χ3n) is 4.77. The molecule has 0 aromatic heterocycles. The smallest absolute Gasteiger partial charge is 0.0625 e. The molecule has 0 N–H and O–H groups in total. The normalized spacial score (nSPS) is 44.1. The highest BCUT2D eigenvalue weighted by molar-refractivity contribution is 4.97. The van der Waals surface area contributed by atoms with Gasteiger partial charge in [-0.15, -0.1) is 0 Å². The third kappa shape index (κ3) is 1.79. The van der Waals surface area contributed by atoms with Crippen LogP contribution in [0.5, 0.6) is 0 Å². The molecule has 3 heteroatoms. The van der Waals surface area contributed by atoms with Crippen LogP contribution in [-0.2, 0) is 9.47 Å². The van der Waals surface area contributed by atoms with E-state index in [1.165, 1.54) is 32.2 Å². The first kappa shape index (κ1) is 11.0. The number of nitrogens with zero attached hydrogens (tertiary/aromatic N) is 1. The van der Waals surface area contributed by atoms with Crippen molar-refractivity contribution in [2.24, 2.45) is 11.8 Å². The standard InChI is InChI=1S/C13H23NO2/c1-15-7-11-4-5-12(11)14-6-2-3-10-8-16-9-13(10)14/h10-13H,2-9H2,1H3. The Hall–Kier alpha value is -0.120. The van der Waals surface area contributed by atoms with Gasteiger partial charge in [0.25, 0.3) is 0 Å². The number of ether oxygens (including phenoxy) is 2. The summed E-state index contributed by atoms with van der Waals surface area (Å²) in [5.74, 6) is 1.60. The van der Waals surface area contributed by atoms with Gasteiger partial charge in [0.1, 0.15) is 0 Å². The van der Waals surface area contributed by atoms with E-state index in [4.69, 9.17) is 9.47 Å². The maximum Gasteiger partial charge on any atom is 0.0625 e. The molecule has 0 spiro atoms. The predicted molar refractivity (Wildman–Crippen MR) is 62.4 cm³/mol. The van der Waals surface area contributed by atoms with Crippen LogP contribution in [0.3, 0.4) is 0 Å². The molecule has 0 aromatic rings. The Labute approximate surface area is 98.1 Å². The number of fused-ring (bicyclic) bond motifs is 1. The van der Waals surface area contributed by atoms with Crippen LogP contribution in [0.1, 0.15) is 25.7 Å². The molecule has 1 saturated carbocycles. The quantitative estimate of drug-likeness (QED) is 0.727. The second-order valence-corrected chi connectivity index (χ2v) is 5.61. The summed E-state index contributed by atoms with van der Waals surface area (Å²) in [5.41, 5.74) is 0. The van der Waals surface area contributed by atoms with E-state index >= 15 is 0 Å². The molecule has 2 heterocycles. The molecule has 2 aliphatic heterocycles. The molecule has 4 unspecified atom stereocenters. The van der Waals surface area contributed by atoms with Gasteiger partial charge in [0.15, 0.2) is 0 Å². The molecule has 1 aliphatic carbocycles. The van der Waals surface area contributed by atoms with Crippen molar-refractivity contribution in [3.63, 3.8) is 0 Å². The number of rotatable bonds is 3. The van der Waals surface area contributed by atoms with Crippen LogP contribution in [0.25, 0.3) is 0 Å². The van der Waals surface area contributed by atoms with Crippen molar-refractivity contribution >= 4 is 0 Å². The van der Waals surface area contributed by atoms with Crippen LogP contribution in [0.15, 0.2) is 0 Å². The molecule has 0 radical (unpaired) electrons. The van der Waals surface area contributed by atoms with Crippen molar-refractivity contribution in [2.75, 3.05) is 33.5 Å². The van der Waals surface area contributed by atoms with Crippen LogP contribution in [0, 0.1) is 11.8 Å². The van der Waals surface area contributed by atoms with Crippen LogP contribution in [0.4, 0.5) is 0 Å². The van der Waals surface area contributed by atoms with Crippen LogP contribution in [0.2, 0.25) is 0 Å². The van der Waals surface area contributed by atoms with Gasteiger partial charge in [-0.25, -0.2) is 0 Å². The highest BCUT2D eigenvalue weighted by Crippen LogP contribution is 2.39. The summed E-state index contributed by atoms with van der Waals surface area (Å²) in [5, 5.41) is 0. The van der Waals surface area contributed by atoms with Gasteiger partial charge in [-0.1, -0.05) is 0 Å². The molecule has 0 bridgehead atoms. The summed E-state index contributed by atoms with van der Waals surface area (Å²) in [4.78, 5) is 2.74. The van der Waals surface area contributed by atoms with E-state index in [1.807, 2.05) is 7.11 Å². The Bertz CT molecular complexity index is 246. The van der Waals surface area contributed by atoms with Crippen molar-refractivity contribution in [3.05, 3.63) is 0 Å². The van der Waals surface area contributed by atoms with Crippen molar-refractivity contribution in [3.8, 4) is 0 Å². The lowest BCUT2D eigenvalue weighted by molar-refractivity contribution is -0.0320. The van der Waals surface area contributed by atoms with E-state index in [0.29, 0.717) is 0 Å². The SMILES string of the molecule is COCC1CCC1N1CCCC2COCC21. The van der Waals surface area contributed by atoms with Crippen molar-refractivity contribution in [1.29, 1.82) is 0 Å². The molecule has 3 aliphatic rings. The van der Waals surface area contributed by atoms with Crippen LogP contribution < -0.4 is 0 Å². The fourth-order valence-electron chi connectivity index (χ4n) is 3.74. The topological polar surface area (TPSA) is 21.7 Å². The largest absolute Gasteiger partial charge is 0.384 e. The molecular weight excluding hydrogens is 202 g/mol. The minimum Gasteiger partial charge on any atom is -0.384 e. The predicted octanol–water partition coefficient (Wildman–Crippen LogP) is 1.52. The molecule has 2 saturated heterocycles. The van der Waals surface area contributed by atoms with E-state index in [2.05, 4.69) is 4.90 Å². The van der Waals surface area contributed by atoms with Gasteiger partial charge in [-0.05, 0) is 38.1 Å². The van der Waals surface area contributed by atoms with E-state index in [-0.39, 0.29) is 0 Å². The van der Waals surface area contributed by atoms with Gasteiger partial charge in [-0.2, -0.15) is 0 Å². The Balaban J connectivity index is 1.64. The van der Waals surface area contributed by atoms with Gasteiger partial charge >= 0.3 is 0 Å². The molecule has 3 rings (SSSR count). The third-order valence-corrected chi connectivity index (χ3v) is 4.77. The lowest BCUT2D eigenvalue weighted by Crippen LogP contribution is -2.57. The lowest BCUT2D eigenvalue weighted by atomic mass is 9.76. The van der Waals surface area contributed by atoms with E-state index in [9.17, 15) is 0 Å². The second kappa shape index (κ2) is 4.63. The Kier molecular flexibility index (Phi) is 3.18. The van der Waals surface area contributed by atoms with Crippen molar-refractivity contribution < 1.29 is 9.47 Å². The minimum absolute atomic E-state index is 0.721. The highest BCUT2D eigenvalue weighted by atomic mass is 16.5. The summed E-state index contributed by atoms with van der Waals surface area (Å²) in [6, 6.07) is 1.51. The van der Waals surface area contributed by atoms with E-state index in [0.717, 1.165) is 43.7 Å². The minimum atomic E-state index is 0.721. The summed E-state index contributed by atoms with van der Waals surface area (Å²) in [6.45, 7) is 4.21. The van der Waals surface area contributed by atoms with Gasteiger partial charge in [-0.3, -0.25) is 4.90 Å². The summed E-state index contributed by atoms with van der Waals surface area (Å²) in [7, 11) is 1.83. The van der Waals surface area contributed by atoms with Crippen LogP contribution >= 0.6 is 0 Å². The van der Waals surface area contributed by atoms with E-state index < -0.39 is 0 Å². The molecule has 16 heavy (non-hydrogen) atoms. The van der Waals surface area contributed by atoms with Gasteiger partial charge in [0.2, 0.25) is 0 Å².